The largest absolute Gasteiger partial charge is 0.389 e. The van der Waals surface area contributed by atoms with Gasteiger partial charge < -0.3 is 5.11 Å². The molecule has 0 saturated heterocycles. The number of rotatable bonds is 4. The summed E-state index contributed by atoms with van der Waals surface area (Å²) >= 11 is 1.62. The molecular formula is C16H17FOS. The first kappa shape index (κ1) is 14.1. The van der Waals surface area contributed by atoms with Crippen LogP contribution in [0.15, 0.2) is 47.4 Å². The van der Waals surface area contributed by atoms with Gasteiger partial charge in [0, 0.05) is 10.6 Å². The number of hydrogen-bond acceptors (Lipinski definition) is 2. The van der Waals surface area contributed by atoms with E-state index in [0.717, 1.165) is 10.6 Å². The lowest BCUT2D eigenvalue weighted by Gasteiger charge is -2.12. The van der Waals surface area contributed by atoms with E-state index in [9.17, 15) is 9.50 Å². The van der Waals surface area contributed by atoms with Gasteiger partial charge in [-0.1, -0.05) is 24.3 Å². The highest BCUT2D eigenvalue weighted by Crippen LogP contribution is 2.31. The van der Waals surface area contributed by atoms with E-state index < -0.39 is 6.10 Å². The van der Waals surface area contributed by atoms with E-state index in [-0.39, 0.29) is 5.82 Å². The normalized spacial score (nSPS) is 12.4. The van der Waals surface area contributed by atoms with Crippen molar-refractivity contribution >= 4 is 11.8 Å². The molecule has 1 atom stereocenters. The average Bonchev–Trinajstić information content (AvgIpc) is 2.38. The first-order chi connectivity index (χ1) is 9.08. The Hall–Kier alpha value is -1.32. The van der Waals surface area contributed by atoms with Crippen LogP contribution in [-0.4, -0.2) is 5.11 Å². The predicted octanol–water partition coefficient (Wildman–Crippen LogP) is 4.48. The van der Waals surface area contributed by atoms with Gasteiger partial charge in [-0.15, -0.1) is 11.8 Å². The van der Waals surface area contributed by atoms with Crippen LogP contribution in [0.25, 0.3) is 0 Å². The Morgan fingerprint density at radius 2 is 1.95 bits per heavy atom. The van der Waals surface area contributed by atoms with Crippen molar-refractivity contribution in [2.75, 3.05) is 0 Å². The number of thioether (sulfide) groups is 1. The van der Waals surface area contributed by atoms with E-state index in [4.69, 9.17) is 0 Å². The van der Waals surface area contributed by atoms with Gasteiger partial charge in [-0.05, 0) is 48.7 Å². The van der Waals surface area contributed by atoms with Crippen LogP contribution in [0.4, 0.5) is 4.39 Å². The number of benzene rings is 2. The Bertz CT molecular complexity index is 566. The minimum Gasteiger partial charge on any atom is -0.389 e. The van der Waals surface area contributed by atoms with Crippen LogP contribution in [0.5, 0.6) is 0 Å². The zero-order valence-corrected chi connectivity index (χ0v) is 11.9. The van der Waals surface area contributed by atoms with Crippen LogP contribution in [0, 0.1) is 12.7 Å². The van der Waals surface area contributed by atoms with Crippen molar-refractivity contribution in [1.82, 2.24) is 0 Å². The Labute approximate surface area is 117 Å². The maximum Gasteiger partial charge on any atom is 0.123 e. The fourth-order valence-corrected chi connectivity index (χ4v) is 3.10. The molecular weight excluding hydrogens is 259 g/mol. The van der Waals surface area contributed by atoms with Crippen molar-refractivity contribution < 1.29 is 9.50 Å². The van der Waals surface area contributed by atoms with Crippen molar-refractivity contribution in [1.29, 1.82) is 0 Å². The molecule has 0 unspecified atom stereocenters. The average molecular weight is 276 g/mol. The molecule has 1 N–H and O–H groups in total. The quantitative estimate of drug-likeness (QED) is 0.831. The van der Waals surface area contributed by atoms with Gasteiger partial charge in [0.15, 0.2) is 0 Å². The lowest BCUT2D eigenvalue weighted by Crippen LogP contribution is -1.96. The van der Waals surface area contributed by atoms with Crippen molar-refractivity contribution in [2.45, 2.75) is 30.6 Å². The van der Waals surface area contributed by atoms with Crippen molar-refractivity contribution in [3.63, 3.8) is 0 Å². The monoisotopic (exact) mass is 276 g/mol. The molecule has 19 heavy (non-hydrogen) atoms. The zero-order chi connectivity index (χ0) is 13.8. The highest BCUT2D eigenvalue weighted by molar-refractivity contribution is 7.98. The number of hydrogen-bond donors (Lipinski definition) is 1. The Kier molecular flexibility index (Phi) is 4.61. The third kappa shape index (κ3) is 3.58. The molecule has 0 aliphatic rings. The number of halogens is 1. The van der Waals surface area contributed by atoms with Gasteiger partial charge in [0.05, 0.1) is 6.10 Å². The van der Waals surface area contributed by atoms with Crippen molar-refractivity contribution in [3.05, 3.63) is 65.0 Å². The molecule has 0 bridgehead atoms. The fraction of sp³-hybridized carbons (Fsp3) is 0.250. The molecule has 3 heteroatoms. The molecule has 0 fully saturated rings. The number of aliphatic hydroxyl groups excluding tert-OH is 1. The minimum absolute atomic E-state index is 0.309. The topological polar surface area (TPSA) is 20.2 Å². The second-order valence-corrected chi connectivity index (χ2v) is 5.59. The van der Waals surface area contributed by atoms with E-state index in [0.29, 0.717) is 5.56 Å². The predicted molar refractivity (Wildman–Crippen MR) is 77.8 cm³/mol. The molecule has 1 nitrogen and oxygen atoms in total. The minimum atomic E-state index is -0.657. The fourth-order valence-electron chi connectivity index (χ4n) is 1.90. The highest BCUT2D eigenvalue weighted by atomic mass is 32.2. The lowest BCUT2D eigenvalue weighted by molar-refractivity contribution is 0.196. The van der Waals surface area contributed by atoms with Gasteiger partial charge in [0.1, 0.15) is 5.82 Å². The van der Waals surface area contributed by atoms with Crippen LogP contribution >= 0.6 is 11.8 Å². The maximum absolute atomic E-state index is 13.2. The van der Waals surface area contributed by atoms with Gasteiger partial charge in [-0.3, -0.25) is 0 Å². The molecule has 2 aromatic rings. The van der Waals surface area contributed by atoms with E-state index in [2.05, 4.69) is 19.1 Å². The Morgan fingerprint density at radius 3 is 2.63 bits per heavy atom. The summed E-state index contributed by atoms with van der Waals surface area (Å²) < 4.78 is 13.2. The zero-order valence-electron chi connectivity index (χ0n) is 11.1. The molecule has 0 saturated carbocycles. The van der Waals surface area contributed by atoms with Crippen LogP contribution in [0.2, 0.25) is 0 Å². The van der Waals surface area contributed by atoms with Gasteiger partial charge in [-0.25, -0.2) is 4.39 Å². The van der Waals surface area contributed by atoms with E-state index >= 15 is 0 Å². The SMILES string of the molecule is Cc1ccccc1CSc1ccc(F)cc1[C@H](C)O. The van der Waals surface area contributed by atoms with Gasteiger partial charge in [-0.2, -0.15) is 0 Å². The van der Waals surface area contributed by atoms with Gasteiger partial charge in [0.25, 0.3) is 0 Å². The molecule has 0 aliphatic carbocycles. The molecule has 0 amide bonds. The Morgan fingerprint density at radius 1 is 1.21 bits per heavy atom. The molecule has 0 aromatic heterocycles. The van der Waals surface area contributed by atoms with E-state index in [1.54, 1.807) is 24.8 Å². The third-order valence-electron chi connectivity index (χ3n) is 3.07. The lowest BCUT2D eigenvalue weighted by atomic mass is 10.1. The summed E-state index contributed by atoms with van der Waals surface area (Å²) in [4.78, 5) is 0.930. The van der Waals surface area contributed by atoms with Crippen molar-refractivity contribution in [2.24, 2.45) is 0 Å². The number of aliphatic hydroxyl groups is 1. The summed E-state index contributed by atoms with van der Waals surface area (Å²) in [6, 6.07) is 12.8. The molecule has 2 aromatic carbocycles. The van der Waals surface area contributed by atoms with E-state index in [1.807, 2.05) is 12.1 Å². The second-order valence-electron chi connectivity index (χ2n) is 4.57. The second kappa shape index (κ2) is 6.22. The first-order valence-corrected chi connectivity index (χ1v) is 7.21. The van der Waals surface area contributed by atoms with Gasteiger partial charge >= 0.3 is 0 Å². The molecule has 100 valence electrons. The summed E-state index contributed by atoms with van der Waals surface area (Å²) in [6.07, 6.45) is -0.657. The highest BCUT2D eigenvalue weighted by Gasteiger charge is 2.10. The van der Waals surface area contributed by atoms with Crippen LogP contribution in [0.3, 0.4) is 0 Å². The molecule has 0 aliphatic heterocycles. The molecule has 0 heterocycles. The van der Waals surface area contributed by atoms with E-state index in [1.165, 1.54) is 23.3 Å². The standard InChI is InChI=1S/C16H17FOS/c1-11-5-3-4-6-13(11)10-19-16-8-7-14(17)9-15(16)12(2)18/h3-9,12,18H,10H2,1-2H3/t12-/m0/s1. The summed E-state index contributed by atoms with van der Waals surface area (Å²) in [6.45, 7) is 3.74. The van der Waals surface area contributed by atoms with Gasteiger partial charge in [0.2, 0.25) is 0 Å². The molecule has 0 spiro atoms. The first-order valence-electron chi connectivity index (χ1n) is 6.22. The summed E-state index contributed by atoms with van der Waals surface area (Å²) in [5.41, 5.74) is 3.16. The molecule has 0 radical (unpaired) electrons. The smallest absolute Gasteiger partial charge is 0.123 e. The third-order valence-corrected chi connectivity index (χ3v) is 4.20. The van der Waals surface area contributed by atoms with Crippen LogP contribution in [0.1, 0.15) is 29.7 Å². The summed E-state index contributed by atoms with van der Waals surface area (Å²) in [7, 11) is 0. The van der Waals surface area contributed by atoms with Crippen LogP contribution < -0.4 is 0 Å². The summed E-state index contributed by atoms with van der Waals surface area (Å²) in [5.74, 6) is 0.508. The Balaban J connectivity index is 2.18. The number of aryl methyl sites for hydroxylation is 1. The maximum atomic E-state index is 13.2. The molecule has 2 rings (SSSR count). The van der Waals surface area contributed by atoms with Crippen molar-refractivity contribution in [3.8, 4) is 0 Å². The summed E-state index contributed by atoms with van der Waals surface area (Å²) in [5, 5.41) is 9.70. The van der Waals surface area contributed by atoms with Crippen LogP contribution in [-0.2, 0) is 5.75 Å².